The lowest BCUT2D eigenvalue weighted by Gasteiger charge is -2.30. The fourth-order valence-corrected chi connectivity index (χ4v) is 1.71. The summed E-state index contributed by atoms with van der Waals surface area (Å²) >= 11 is 0. The molecule has 0 bridgehead atoms. The molecule has 0 spiro atoms. The molecular formula is C12H17NO. The minimum Gasteiger partial charge on any atom is -0.492 e. The molecule has 2 N–H and O–H groups in total. The SMILES string of the molecule is N[C@H](COc1ccccc1)C1CCC1. The first-order valence-corrected chi connectivity index (χ1v) is 5.29. The zero-order valence-corrected chi connectivity index (χ0v) is 8.36. The van der Waals surface area contributed by atoms with Crippen LogP contribution in [0.4, 0.5) is 0 Å². The zero-order valence-electron chi connectivity index (χ0n) is 8.36. The molecule has 0 amide bonds. The van der Waals surface area contributed by atoms with Crippen molar-refractivity contribution in [3.05, 3.63) is 30.3 Å². The van der Waals surface area contributed by atoms with Gasteiger partial charge >= 0.3 is 0 Å². The fraction of sp³-hybridized carbons (Fsp3) is 0.500. The highest BCUT2D eigenvalue weighted by Crippen LogP contribution is 2.28. The predicted molar refractivity (Wildman–Crippen MR) is 57.3 cm³/mol. The van der Waals surface area contributed by atoms with E-state index in [2.05, 4.69) is 0 Å². The lowest BCUT2D eigenvalue weighted by molar-refractivity contribution is 0.189. The minimum absolute atomic E-state index is 0.212. The van der Waals surface area contributed by atoms with Gasteiger partial charge in [-0.05, 0) is 30.9 Å². The minimum atomic E-state index is 0.212. The zero-order chi connectivity index (χ0) is 9.80. The van der Waals surface area contributed by atoms with Gasteiger partial charge in [-0.25, -0.2) is 0 Å². The lowest BCUT2D eigenvalue weighted by Crippen LogP contribution is -2.39. The van der Waals surface area contributed by atoms with Crippen LogP contribution in [-0.4, -0.2) is 12.6 Å². The summed E-state index contributed by atoms with van der Waals surface area (Å²) in [6.45, 7) is 0.648. The van der Waals surface area contributed by atoms with Gasteiger partial charge in [0.25, 0.3) is 0 Å². The van der Waals surface area contributed by atoms with Crippen LogP contribution in [0.25, 0.3) is 0 Å². The van der Waals surface area contributed by atoms with Crippen molar-refractivity contribution in [3.63, 3.8) is 0 Å². The first kappa shape index (κ1) is 9.53. The average molecular weight is 191 g/mol. The Morgan fingerprint density at radius 2 is 2.00 bits per heavy atom. The van der Waals surface area contributed by atoms with Crippen LogP contribution in [0.5, 0.6) is 5.75 Å². The van der Waals surface area contributed by atoms with Gasteiger partial charge in [0.15, 0.2) is 0 Å². The largest absolute Gasteiger partial charge is 0.492 e. The monoisotopic (exact) mass is 191 g/mol. The maximum atomic E-state index is 6.00. The molecule has 1 atom stereocenters. The summed E-state index contributed by atoms with van der Waals surface area (Å²) in [5.41, 5.74) is 6.00. The predicted octanol–water partition coefficient (Wildman–Crippen LogP) is 2.19. The molecule has 0 unspecified atom stereocenters. The first-order valence-electron chi connectivity index (χ1n) is 5.29. The molecule has 1 saturated carbocycles. The Bertz CT molecular complexity index is 269. The van der Waals surface area contributed by atoms with Crippen molar-refractivity contribution in [1.29, 1.82) is 0 Å². The molecule has 1 aromatic carbocycles. The summed E-state index contributed by atoms with van der Waals surface area (Å²) in [4.78, 5) is 0. The topological polar surface area (TPSA) is 35.2 Å². The highest BCUT2D eigenvalue weighted by atomic mass is 16.5. The second-order valence-electron chi connectivity index (χ2n) is 3.98. The molecule has 0 saturated heterocycles. The molecule has 0 radical (unpaired) electrons. The number of hydrogen-bond donors (Lipinski definition) is 1. The summed E-state index contributed by atoms with van der Waals surface area (Å²) in [7, 11) is 0. The summed E-state index contributed by atoms with van der Waals surface area (Å²) in [6.07, 6.45) is 3.89. The third-order valence-electron chi connectivity index (χ3n) is 2.94. The second kappa shape index (κ2) is 4.47. The summed E-state index contributed by atoms with van der Waals surface area (Å²) < 4.78 is 5.60. The standard InChI is InChI=1S/C12H17NO/c13-12(10-5-4-6-10)9-14-11-7-2-1-3-8-11/h1-3,7-8,10,12H,4-6,9,13H2/t12-/m1/s1. The Morgan fingerprint density at radius 3 is 2.57 bits per heavy atom. The van der Waals surface area contributed by atoms with Crippen LogP contribution >= 0.6 is 0 Å². The van der Waals surface area contributed by atoms with Gasteiger partial charge in [0.05, 0.1) is 0 Å². The van der Waals surface area contributed by atoms with E-state index >= 15 is 0 Å². The van der Waals surface area contributed by atoms with Gasteiger partial charge in [0.2, 0.25) is 0 Å². The molecule has 1 aliphatic carbocycles. The Morgan fingerprint density at radius 1 is 1.29 bits per heavy atom. The molecule has 1 aliphatic rings. The molecule has 14 heavy (non-hydrogen) atoms. The van der Waals surface area contributed by atoms with Crippen molar-refractivity contribution < 1.29 is 4.74 Å². The number of rotatable bonds is 4. The van der Waals surface area contributed by atoms with Crippen molar-refractivity contribution in [2.75, 3.05) is 6.61 Å². The number of hydrogen-bond acceptors (Lipinski definition) is 2. The van der Waals surface area contributed by atoms with E-state index in [1.165, 1.54) is 19.3 Å². The van der Waals surface area contributed by atoms with Crippen molar-refractivity contribution >= 4 is 0 Å². The van der Waals surface area contributed by atoms with E-state index in [-0.39, 0.29) is 6.04 Å². The Hall–Kier alpha value is -1.02. The Balaban J connectivity index is 1.76. The van der Waals surface area contributed by atoms with Gasteiger partial charge in [0, 0.05) is 6.04 Å². The summed E-state index contributed by atoms with van der Waals surface area (Å²) in [5.74, 6) is 1.61. The molecule has 0 aliphatic heterocycles. The molecule has 1 aromatic rings. The molecule has 2 nitrogen and oxygen atoms in total. The van der Waals surface area contributed by atoms with Crippen LogP contribution in [0.1, 0.15) is 19.3 Å². The molecule has 0 aromatic heterocycles. The first-order chi connectivity index (χ1) is 6.86. The number of para-hydroxylation sites is 1. The summed E-state index contributed by atoms with van der Waals surface area (Å²) in [6, 6.07) is 10.1. The van der Waals surface area contributed by atoms with Gasteiger partial charge in [0.1, 0.15) is 12.4 Å². The highest BCUT2D eigenvalue weighted by Gasteiger charge is 2.24. The van der Waals surface area contributed by atoms with Crippen molar-refractivity contribution in [2.45, 2.75) is 25.3 Å². The normalized spacial score (nSPS) is 18.6. The number of ether oxygens (including phenoxy) is 1. The van der Waals surface area contributed by atoms with Gasteiger partial charge < -0.3 is 10.5 Å². The van der Waals surface area contributed by atoms with Crippen molar-refractivity contribution in [2.24, 2.45) is 11.7 Å². The van der Waals surface area contributed by atoms with E-state index < -0.39 is 0 Å². The quantitative estimate of drug-likeness (QED) is 0.791. The molecule has 2 rings (SSSR count). The fourth-order valence-electron chi connectivity index (χ4n) is 1.71. The smallest absolute Gasteiger partial charge is 0.119 e. The summed E-state index contributed by atoms with van der Waals surface area (Å²) in [5, 5.41) is 0. The van der Waals surface area contributed by atoms with E-state index in [0.717, 1.165) is 5.75 Å². The maximum Gasteiger partial charge on any atom is 0.119 e. The lowest BCUT2D eigenvalue weighted by atomic mass is 9.80. The van der Waals surface area contributed by atoms with Gasteiger partial charge in [-0.15, -0.1) is 0 Å². The third-order valence-corrected chi connectivity index (χ3v) is 2.94. The van der Waals surface area contributed by atoms with Crippen LogP contribution in [0.3, 0.4) is 0 Å². The van der Waals surface area contributed by atoms with Crippen LogP contribution in [0.2, 0.25) is 0 Å². The van der Waals surface area contributed by atoms with E-state index in [1.54, 1.807) is 0 Å². The third kappa shape index (κ3) is 2.26. The molecule has 2 heteroatoms. The van der Waals surface area contributed by atoms with Crippen molar-refractivity contribution in [1.82, 2.24) is 0 Å². The van der Waals surface area contributed by atoms with Crippen LogP contribution in [0.15, 0.2) is 30.3 Å². The van der Waals surface area contributed by atoms with Gasteiger partial charge in [-0.3, -0.25) is 0 Å². The molecule has 1 fully saturated rings. The van der Waals surface area contributed by atoms with Crippen LogP contribution in [-0.2, 0) is 0 Å². The maximum absolute atomic E-state index is 6.00. The van der Waals surface area contributed by atoms with Crippen molar-refractivity contribution in [3.8, 4) is 5.75 Å². The Kier molecular flexibility index (Phi) is 3.04. The van der Waals surface area contributed by atoms with Crippen LogP contribution < -0.4 is 10.5 Å². The van der Waals surface area contributed by atoms with Gasteiger partial charge in [-0.1, -0.05) is 24.6 Å². The highest BCUT2D eigenvalue weighted by molar-refractivity contribution is 5.20. The van der Waals surface area contributed by atoms with Crippen LogP contribution in [0, 0.1) is 5.92 Å². The van der Waals surface area contributed by atoms with Gasteiger partial charge in [-0.2, -0.15) is 0 Å². The molecule has 76 valence electrons. The van der Waals surface area contributed by atoms with E-state index in [4.69, 9.17) is 10.5 Å². The number of benzene rings is 1. The van der Waals surface area contributed by atoms with E-state index in [1.807, 2.05) is 30.3 Å². The molecular weight excluding hydrogens is 174 g/mol. The Labute approximate surface area is 85.1 Å². The van der Waals surface area contributed by atoms with E-state index in [9.17, 15) is 0 Å². The van der Waals surface area contributed by atoms with E-state index in [0.29, 0.717) is 12.5 Å². The molecule has 0 heterocycles. The second-order valence-corrected chi connectivity index (χ2v) is 3.98. The average Bonchev–Trinajstić information content (AvgIpc) is 2.14. The number of nitrogens with two attached hydrogens (primary N) is 1.